The molecule has 0 aliphatic carbocycles. The molecule has 0 spiro atoms. The SMILES string of the molecule is CC(C)c1cc(I)cc([CH]O)c1. The van der Waals surface area contributed by atoms with Gasteiger partial charge in [0.05, 0.1) is 0 Å². The van der Waals surface area contributed by atoms with Gasteiger partial charge < -0.3 is 5.11 Å². The van der Waals surface area contributed by atoms with Gasteiger partial charge in [0.15, 0.2) is 0 Å². The van der Waals surface area contributed by atoms with Crippen molar-refractivity contribution < 1.29 is 5.11 Å². The van der Waals surface area contributed by atoms with E-state index >= 15 is 0 Å². The van der Waals surface area contributed by atoms with Crippen molar-refractivity contribution >= 4 is 22.6 Å². The smallest absolute Gasteiger partial charge is 0.109 e. The van der Waals surface area contributed by atoms with Crippen molar-refractivity contribution in [1.29, 1.82) is 0 Å². The van der Waals surface area contributed by atoms with E-state index in [9.17, 15) is 0 Å². The van der Waals surface area contributed by atoms with Crippen LogP contribution < -0.4 is 0 Å². The maximum absolute atomic E-state index is 8.84. The van der Waals surface area contributed by atoms with E-state index in [2.05, 4.69) is 42.5 Å². The molecular weight excluding hydrogens is 263 g/mol. The highest BCUT2D eigenvalue weighted by atomic mass is 127. The molecule has 0 amide bonds. The Bertz CT molecular complexity index is 269. The molecule has 0 unspecified atom stereocenters. The molecule has 0 fully saturated rings. The van der Waals surface area contributed by atoms with Crippen LogP contribution in [-0.2, 0) is 0 Å². The minimum absolute atomic E-state index is 0.512. The maximum atomic E-state index is 8.84. The summed E-state index contributed by atoms with van der Waals surface area (Å²) in [5.41, 5.74) is 2.15. The van der Waals surface area contributed by atoms with Crippen LogP contribution in [0.5, 0.6) is 0 Å². The Morgan fingerprint density at radius 2 is 2.00 bits per heavy atom. The zero-order valence-electron chi connectivity index (χ0n) is 7.21. The third-order valence-corrected chi connectivity index (χ3v) is 2.38. The summed E-state index contributed by atoms with van der Waals surface area (Å²) in [7, 11) is 0. The van der Waals surface area contributed by atoms with E-state index in [0.717, 1.165) is 12.2 Å². The molecule has 0 bridgehead atoms. The van der Waals surface area contributed by atoms with Crippen LogP contribution in [0.25, 0.3) is 0 Å². The molecule has 0 atom stereocenters. The summed E-state index contributed by atoms with van der Waals surface area (Å²) < 4.78 is 1.17. The lowest BCUT2D eigenvalue weighted by Crippen LogP contribution is -1.91. The van der Waals surface area contributed by atoms with Gasteiger partial charge in [-0.1, -0.05) is 19.9 Å². The van der Waals surface area contributed by atoms with Gasteiger partial charge in [-0.2, -0.15) is 0 Å². The average Bonchev–Trinajstić information content (AvgIpc) is 2.03. The lowest BCUT2D eigenvalue weighted by atomic mass is 10.0. The largest absolute Gasteiger partial charge is 0.385 e. The van der Waals surface area contributed by atoms with Crippen molar-refractivity contribution in [2.75, 3.05) is 0 Å². The first-order chi connectivity index (χ1) is 5.63. The van der Waals surface area contributed by atoms with E-state index in [1.54, 1.807) is 0 Å². The molecule has 0 aliphatic heterocycles. The number of aliphatic hydroxyl groups is 1. The van der Waals surface area contributed by atoms with Crippen molar-refractivity contribution in [2.45, 2.75) is 19.8 Å². The summed E-state index contributed by atoms with van der Waals surface area (Å²) in [6.07, 6.45) is 0. The average molecular weight is 275 g/mol. The monoisotopic (exact) mass is 275 g/mol. The Hall–Kier alpha value is -0.0900. The molecule has 1 aromatic carbocycles. The van der Waals surface area contributed by atoms with Crippen LogP contribution in [0.4, 0.5) is 0 Å². The second-order valence-electron chi connectivity index (χ2n) is 3.10. The normalized spacial score (nSPS) is 10.8. The highest BCUT2D eigenvalue weighted by Crippen LogP contribution is 2.19. The molecule has 12 heavy (non-hydrogen) atoms. The number of aliphatic hydroxyl groups excluding tert-OH is 1. The molecule has 0 aromatic heterocycles. The van der Waals surface area contributed by atoms with Gasteiger partial charge >= 0.3 is 0 Å². The van der Waals surface area contributed by atoms with Gasteiger partial charge in [-0.05, 0) is 51.8 Å². The maximum Gasteiger partial charge on any atom is 0.109 e. The second kappa shape index (κ2) is 4.23. The molecule has 1 N–H and O–H groups in total. The molecule has 1 radical (unpaired) electrons. The van der Waals surface area contributed by atoms with Gasteiger partial charge in [0.1, 0.15) is 6.61 Å². The van der Waals surface area contributed by atoms with E-state index in [-0.39, 0.29) is 0 Å². The van der Waals surface area contributed by atoms with Crippen LogP contribution in [0, 0.1) is 10.2 Å². The Balaban J connectivity index is 3.06. The lowest BCUT2D eigenvalue weighted by Gasteiger charge is -2.07. The van der Waals surface area contributed by atoms with Crippen LogP contribution in [0.15, 0.2) is 18.2 Å². The highest BCUT2D eigenvalue weighted by molar-refractivity contribution is 14.1. The summed E-state index contributed by atoms with van der Waals surface area (Å²) in [5.74, 6) is 0.512. The summed E-state index contributed by atoms with van der Waals surface area (Å²) in [6.45, 7) is 5.44. The minimum Gasteiger partial charge on any atom is -0.385 e. The van der Waals surface area contributed by atoms with Gasteiger partial charge in [0, 0.05) is 3.57 Å². The minimum atomic E-state index is 0.512. The number of benzene rings is 1. The molecule has 0 saturated carbocycles. The molecule has 0 aliphatic rings. The van der Waals surface area contributed by atoms with Crippen molar-refractivity contribution in [3.8, 4) is 0 Å². The van der Waals surface area contributed by atoms with Crippen LogP contribution >= 0.6 is 22.6 Å². The highest BCUT2D eigenvalue weighted by Gasteiger charge is 2.02. The van der Waals surface area contributed by atoms with Gasteiger partial charge in [0.25, 0.3) is 0 Å². The van der Waals surface area contributed by atoms with Gasteiger partial charge in [-0.25, -0.2) is 0 Å². The molecule has 0 heterocycles. The first kappa shape index (κ1) is 9.99. The van der Waals surface area contributed by atoms with Crippen LogP contribution in [0.2, 0.25) is 0 Å². The fraction of sp³-hybridized carbons (Fsp3) is 0.300. The molecule has 0 saturated heterocycles. The Morgan fingerprint density at radius 1 is 1.33 bits per heavy atom. The molecule has 2 heteroatoms. The first-order valence-corrected chi connectivity index (χ1v) is 4.99. The lowest BCUT2D eigenvalue weighted by molar-refractivity contribution is 0.414. The summed E-state index contributed by atoms with van der Waals surface area (Å²) in [4.78, 5) is 0. The zero-order chi connectivity index (χ0) is 9.14. The number of hydrogen-bond donors (Lipinski definition) is 1. The quantitative estimate of drug-likeness (QED) is 0.821. The van der Waals surface area contributed by atoms with Crippen molar-refractivity contribution in [1.82, 2.24) is 0 Å². The summed E-state index contributed by atoms with van der Waals surface area (Å²) in [5, 5.41) is 8.84. The van der Waals surface area contributed by atoms with Gasteiger partial charge in [0.2, 0.25) is 0 Å². The van der Waals surface area contributed by atoms with E-state index in [4.69, 9.17) is 5.11 Å². The zero-order valence-corrected chi connectivity index (χ0v) is 9.37. The Kier molecular flexibility index (Phi) is 3.53. The fourth-order valence-corrected chi connectivity index (χ4v) is 1.76. The van der Waals surface area contributed by atoms with Crippen molar-refractivity contribution in [3.63, 3.8) is 0 Å². The van der Waals surface area contributed by atoms with E-state index in [0.29, 0.717) is 5.92 Å². The third kappa shape index (κ3) is 2.45. The van der Waals surface area contributed by atoms with Gasteiger partial charge in [-0.3, -0.25) is 0 Å². The van der Waals surface area contributed by atoms with Crippen LogP contribution in [-0.4, -0.2) is 5.11 Å². The number of hydrogen-bond acceptors (Lipinski definition) is 1. The fourth-order valence-electron chi connectivity index (χ4n) is 1.04. The molecular formula is C10H12IO. The van der Waals surface area contributed by atoms with Crippen molar-refractivity contribution in [2.24, 2.45) is 0 Å². The Morgan fingerprint density at radius 3 is 2.50 bits per heavy atom. The molecule has 1 rings (SSSR count). The third-order valence-electron chi connectivity index (χ3n) is 1.76. The topological polar surface area (TPSA) is 20.2 Å². The van der Waals surface area contributed by atoms with Crippen LogP contribution in [0.1, 0.15) is 30.9 Å². The van der Waals surface area contributed by atoms with E-state index in [1.807, 2.05) is 12.1 Å². The second-order valence-corrected chi connectivity index (χ2v) is 4.35. The summed E-state index contributed by atoms with van der Waals surface area (Å²) >= 11 is 2.26. The van der Waals surface area contributed by atoms with E-state index in [1.165, 1.54) is 9.13 Å². The number of halogens is 1. The predicted octanol–water partition coefficient (Wildman–Crippen LogP) is 3.30. The first-order valence-electron chi connectivity index (χ1n) is 3.91. The van der Waals surface area contributed by atoms with Crippen LogP contribution in [0.3, 0.4) is 0 Å². The predicted molar refractivity (Wildman–Crippen MR) is 58.6 cm³/mol. The Labute approximate surface area is 86.9 Å². The van der Waals surface area contributed by atoms with Crippen molar-refractivity contribution in [3.05, 3.63) is 39.5 Å². The number of rotatable bonds is 2. The molecule has 1 nitrogen and oxygen atoms in total. The van der Waals surface area contributed by atoms with Gasteiger partial charge in [-0.15, -0.1) is 0 Å². The molecule has 65 valence electrons. The molecule has 1 aromatic rings. The summed E-state index contributed by atoms with van der Waals surface area (Å²) in [6, 6.07) is 6.09. The standard InChI is InChI=1S/C10H12IO/c1-7(2)9-3-8(6-12)4-10(11)5-9/h3-7,12H,1-2H3. The van der Waals surface area contributed by atoms with E-state index < -0.39 is 0 Å².